The van der Waals surface area contributed by atoms with Crippen LogP contribution in [0.1, 0.15) is 26.8 Å². The van der Waals surface area contributed by atoms with Gasteiger partial charge in [0, 0.05) is 42.2 Å². The van der Waals surface area contributed by atoms with Crippen LogP contribution in [0.2, 0.25) is 5.02 Å². The van der Waals surface area contributed by atoms with Gasteiger partial charge in [-0.3, -0.25) is 14.5 Å². The van der Waals surface area contributed by atoms with Crippen LogP contribution in [0.4, 0.5) is 0 Å². The van der Waals surface area contributed by atoms with Crippen LogP contribution in [0.5, 0.6) is 0 Å². The largest absolute Gasteiger partial charge is 0.463 e. The van der Waals surface area contributed by atoms with Gasteiger partial charge in [-0.1, -0.05) is 37.2 Å². The van der Waals surface area contributed by atoms with Crippen LogP contribution in [0.15, 0.2) is 40.2 Å². The zero-order valence-corrected chi connectivity index (χ0v) is 18.4. The second-order valence-electron chi connectivity index (χ2n) is 6.65. The van der Waals surface area contributed by atoms with Crippen LogP contribution in [0.25, 0.3) is 0 Å². The maximum atomic E-state index is 11.3. The van der Waals surface area contributed by atoms with E-state index in [1.807, 2.05) is 16.9 Å². The number of aromatic nitrogens is 3. The molecule has 6 nitrogen and oxygen atoms in total. The number of hydrogen-bond acceptors (Lipinski definition) is 6. The smallest absolute Gasteiger partial charge is 0.302 e. The molecule has 1 fully saturated rings. The first kappa shape index (κ1) is 20.6. The predicted octanol–water partition coefficient (Wildman–Crippen LogP) is 4.59. The molecule has 0 radical (unpaired) electrons. The standard InChI is InChI=1S/C18H21BrClN3O3S/c1-10-16(9-25-12(3)24)26-18(27-15-4-14(20)6-21-7-15)11(2)17(10)23-8-13(19)5-22-23/h4-8,10-11,16-18H,9H2,1-3H3/t10-,11?,16?,17-,18+/m0/s1. The molecule has 2 aromatic rings. The number of nitrogens with zero attached hydrogens (tertiary/aromatic N) is 3. The fourth-order valence-electron chi connectivity index (χ4n) is 3.36. The molecule has 1 saturated heterocycles. The van der Waals surface area contributed by atoms with Gasteiger partial charge in [-0.15, -0.1) is 0 Å². The molecule has 1 aliphatic rings. The lowest BCUT2D eigenvalue weighted by molar-refractivity contribution is -0.156. The number of ether oxygens (including phenoxy) is 2. The van der Waals surface area contributed by atoms with Crippen molar-refractivity contribution in [3.63, 3.8) is 0 Å². The van der Waals surface area contributed by atoms with Gasteiger partial charge < -0.3 is 9.47 Å². The van der Waals surface area contributed by atoms with Crippen molar-refractivity contribution in [3.05, 3.63) is 40.3 Å². The van der Waals surface area contributed by atoms with Crippen molar-refractivity contribution in [2.24, 2.45) is 11.8 Å². The minimum Gasteiger partial charge on any atom is -0.463 e. The lowest BCUT2D eigenvalue weighted by Crippen LogP contribution is -2.47. The molecule has 0 amide bonds. The summed E-state index contributed by atoms with van der Waals surface area (Å²) in [4.78, 5) is 16.4. The number of carbonyl (C=O) groups excluding carboxylic acids is 1. The molecule has 1 aliphatic heterocycles. The number of esters is 1. The van der Waals surface area contributed by atoms with Crippen LogP contribution in [0, 0.1) is 11.8 Å². The summed E-state index contributed by atoms with van der Waals surface area (Å²) < 4.78 is 14.5. The minimum atomic E-state index is -0.314. The molecule has 0 aliphatic carbocycles. The Bertz CT molecular complexity index is 806. The Morgan fingerprint density at radius 1 is 1.37 bits per heavy atom. The van der Waals surface area contributed by atoms with Crippen LogP contribution in [-0.2, 0) is 14.3 Å². The SMILES string of the molecule is CC(=O)OCC1O[C@H](Sc2cncc(Cl)c2)C(C)[C@@H](n2cc(Br)cn2)[C@H]1C. The zero-order valence-electron chi connectivity index (χ0n) is 15.2. The third kappa shape index (κ3) is 5.04. The molecule has 5 atom stereocenters. The Morgan fingerprint density at radius 2 is 2.15 bits per heavy atom. The number of carbonyl (C=O) groups is 1. The van der Waals surface area contributed by atoms with Crippen molar-refractivity contribution < 1.29 is 14.3 Å². The molecule has 146 valence electrons. The van der Waals surface area contributed by atoms with Crippen LogP contribution in [0.3, 0.4) is 0 Å². The van der Waals surface area contributed by atoms with E-state index in [4.69, 9.17) is 21.1 Å². The Hall–Kier alpha value is -1.09. The van der Waals surface area contributed by atoms with Gasteiger partial charge in [-0.05, 0) is 22.0 Å². The molecule has 9 heteroatoms. The summed E-state index contributed by atoms with van der Waals surface area (Å²) in [5.41, 5.74) is -0.157. The Morgan fingerprint density at radius 3 is 2.78 bits per heavy atom. The van der Waals surface area contributed by atoms with Crippen molar-refractivity contribution in [2.45, 2.75) is 43.2 Å². The Balaban J connectivity index is 1.86. The maximum Gasteiger partial charge on any atom is 0.302 e. The van der Waals surface area contributed by atoms with E-state index in [0.717, 1.165) is 9.37 Å². The summed E-state index contributed by atoms with van der Waals surface area (Å²) in [5, 5.41) is 5.07. The monoisotopic (exact) mass is 473 g/mol. The average Bonchev–Trinajstić information content (AvgIpc) is 3.02. The number of halogens is 2. The Labute approximate surface area is 176 Å². The summed E-state index contributed by atoms with van der Waals surface area (Å²) in [7, 11) is 0. The van der Waals surface area contributed by atoms with E-state index < -0.39 is 0 Å². The zero-order chi connectivity index (χ0) is 19.6. The molecular formula is C18H21BrClN3O3S. The summed E-state index contributed by atoms with van der Waals surface area (Å²) in [6.45, 7) is 5.87. The van der Waals surface area contributed by atoms with E-state index in [2.05, 4.69) is 39.9 Å². The molecule has 3 rings (SSSR count). The molecular weight excluding hydrogens is 454 g/mol. The minimum absolute atomic E-state index is 0.0928. The van der Waals surface area contributed by atoms with Gasteiger partial charge in [0.15, 0.2) is 0 Å². The summed E-state index contributed by atoms with van der Waals surface area (Å²) in [6, 6.07) is 1.96. The normalized spacial score (nSPS) is 28.1. The highest BCUT2D eigenvalue weighted by Gasteiger charge is 2.43. The van der Waals surface area contributed by atoms with E-state index in [1.165, 1.54) is 6.92 Å². The van der Waals surface area contributed by atoms with Crippen molar-refractivity contribution >= 4 is 45.3 Å². The molecule has 3 heterocycles. The first-order chi connectivity index (χ1) is 12.8. The van der Waals surface area contributed by atoms with Crippen molar-refractivity contribution in [2.75, 3.05) is 6.61 Å². The average molecular weight is 475 g/mol. The summed E-state index contributed by atoms with van der Waals surface area (Å²) in [5.74, 6) is -0.0455. The van der Waals surface area contributed by atoms with Crippen molar-refractivity contribution in [3.8, 4) is 0 Å². The highest BCUT2D eigenvalue weighted by atomic mass is 79.9. The number of thioether (sulfide) groups is 1. The van der Waals surface area contributed by atoms with E-state index in [-0.39, 0.29) is 42.0 Å². The maximum absolute atomic E-state index is 11.3. The third-order valence-electron chi connectivity index (χ3n) is 4.66. The van der Waals surface area contributed by atoms with Crippen molar-refractivity contribution in [1.82, 2.24) is 14.8 Å². The molecule has 0 aromatic carbocycles. The first-order valence-corrected chi connectivity index (χ1v) is 10.7. The quantitative estimate of drug-likeness (QED) is 0.591. The van der Waals surface area contributed by atoms with Gasteiger partial charge in [0.2, 0.25) is 0 Å². The van der Waals surface area contributed by atoms with Crippen LogP contribution < -0.4 is 0 Å². The summed E-state index contributed by atoms with van der Waals surface area (Å²) >= 11 is 11.1. The van der Waals surface area contributed by atoms with Gasteiger partial charge in [0.05, 0.1) is 27.8 Å². The van der Waals surface area contributed by atoms with E-state index in [9.17, 15) is 4.79 Å². The van der Waals surface area contributed by atoms with Crippen LogP contribution in [-0.4, -0.2) is 38.9 Å². The highest BCUT2D eigenvalue weighted by Crippen LogP contribution is 2.44. The second kappa shape index (κ2) is 8.94. The highest BCUT2D eigenvalue weighted by molar-refractivity contribution is 9.10. The third-order valence-corrected chi connectivity index (χ3v) is 6.54. The van der Waals surface area contributed by atoms with Crippen LogP contribution >= 0.6 is 39.3 Å². The lowest BCUT2D eigenvalue weighted by atomic mass is 9.84. The van der Waals surface area contributed by atoms with E-state index in [0.29, 0.717) is 5.02 Å². The van der Waals surface area contributed by atoms with Gasteiger partial charge in [-0.25, -0.2) is 0 Å². The fraction of sp³-hybridized carbons (Fsp3) is 0.500. The van der Waals surface area contributed by atoms with Gasteiger partial charge in [-0.2, -0.15) is 5.10 Å². The molecule has 2 unspecified atom stereocenters. The second-order valence-corrected chi connectivity index (χ2v) is 9.17. The summed E-state index contributed by atoms with van der Waals surface area (Å²) in [6.07, 6.45) is 6.88. The molecule has 0 spiro atoms. The first-order valence-electron chi connectivity index (χ1n) is 8.61. The van der Waals surface area contributed by atoms with Crippen molar-refractivity contribution in [1.29, 1.82) is 0 Å². The number of pyridine rings is 1. The van der Waals surface area contributed by atoms with E-state index >= 15 is 0 Å². The lowest BCUT2D eigenvalue weighted by Gasteiger charge is -2.44. The van der Waals surface area contributed by atoms with Gasteiger partial charge >= 0.3 is 5.97 Å². The van der Waals surface area contributed by atoms with Gasteiger partial charge in [0.1, 0.15) is 12.0 Å². The molecule has 27 heavy (non-hydrogen) atoms. The number of rotatable bonds is 5. The topological polar surface area (TPSA) is 66.2 Å². The molecule has 0 bridgehead atoms. The molecule has 0 N–H and O–H groups in total. The fourth-order valence-corrected chi connectivity index (χ4v) is 5.06. The molecule has 2 aromatic heterocycles. The Kier molecular flexibility index (Phi) is 6.83. The predicted molar refractivity (Wildman–Crippen MR) is 108 cm³/mol. The molecule has 0 saturated carbocycles. The number of hydrogen-bond donors (Lipinski definition) is 0. The van der Waals surface area contributed by atoms with Gasteiger partial charge in [0.25, 0.3) is 0 Å². The van der Waals surface area contributed by atoms with E-state index in [1.54, 1.807) is 30.4 Å².